The highest BCUT2D eigenvalue weighted by molar-refractivity contribution is 6.03. The van der Waals surface area contributed by atoms with Gasteiger partial charge in [0.15, 0.2) is 0 Å². The average molecular weight is 855 g/mol. The monoisotopic (exact) mass is 854 g/mol. The van der Waals surface area contributed by atoms with Crippen LogP contribution < -0.4 is 9.47 Å². The van der Waals surface area contributed by atoms with Gasteiger partial charge in [0.1, 0.15) is 29.9 Å². The van der Waals surface area contributed by atoms with E-state index in [2.05, 4.69) is 19.2 Å². The van der Waals surface area contributed by atoms with Crippen LogP contribution in [-0.4, -0.2) is 82.1 Å². The summed E-state index contributed by atoms with van der Waals surface area (Å²) in [6.45, 7) is 7.92. The number of fused-ring (bicyclic) bond motifs is 2. The molecule has 16 heteroatoms. The van der Waals surface area contributed by atoms with Crippen molar-refractivity contribution in [1.29, 1.82) is 0 Å². The quantitative estimate of drug-likeness (QED) is 0.0421. The van der Waals surface area contributed by atoms with Gasteiger partial charge in [-0.25, -0.2) is 4.79 Å². The van der Waals surface area contributed by atoms with Gasteiger partial charge < -0.3 is 38.9 Å². The first-order valence-electron chi connectivity index (χ1n) is 20.9. The van der Waals surface area contributed by atoms with Crippen LogP contribution in [0.5, 0.6) is 17.2 Å². The number of non-ortho nitro benzene ring substituents is 2. The molecule has 0 radical (unpaired) electrons. The molecule has 0 aromatic heterocycles. The van der Waals surface area contributed by atoms with Crippen molar-refractivity contribution in [2.45, 2.75) is 75.7 Å². The molecule has 2 aliphatic carbocycles. The standard InChI is InChI=1S/C46H54N4O12/c1-4-6-25-58-45(53)48(3)42-29-40(47-60-30-31-16-18-33(19-17-31)49(54)55)38-26-32(12-7-9-22-51)37(15-8-10-23-52)43-39-28-36(61-35-14-11-13-34(27-35)50(56)57)20-21-41(39)62-46(42,44(38)43)59-24-5-2/h4-5,11,13-14,16-21,26-28,32,37,42-44,51-52H,1-2,6-10,12,15,22-25,29-30H2,3H3. The lowest BCUT2D eigenvalue weighted by Gasteiger charge is -2.59. The fraction of sp³-hybridized carbons (Fsp3) is 0.435. The van der Waals surface area contributed by atoms with E-state index in [0.29, 0.717) is 54.9 Å². The number of carbonyl (C=O) groups is 1. The molecule has 6 unspecified atom stereocenters. The van der Waals surface area contributed by atoms with Crippen LogP contribution in [0.3, 0.4) is 0 Å². The number of allylic oxidation sites excluding steroid dienone is 1. The third kappa shape index (κ3) is 10.2. The van der Waals surface area contributed by atoms with E-state index in [-0.39, 0.29) is 74.3 Å². The third-order valence-corrected chi connectivity index (χ3v) is 11.8. The number of likely N-dealkylation sites (N-methyl/N-ethyl adjacent to an activating group) is 1. The van der Waals surface area contributed by atoms with E-state index < -0.39 is 33.7 Å². The van der Waals surface area contributed by atoms with Gasteiger partial charge in [0.2, 0.25) is 5.79 Å². The number of ether oxygens (including phenoxy) is 4. The molecule has 1 saturated carbocycles. The van der Waals surface area contributed by atoms with Crippen molar-refractivity contribution in [3.8, 4) is 17.2 Å². The van der Waals surface area contributed by atoms with Crippen LogP contribution in [-0.2, 0) is 20.9 Å². The topological polar surface area (TPSA) is 206 Å². The molecule has 3 aliphatic rings. The first-order chi connectivity index (χ1) is 30.0. The Hall–Kier alpha value is -6.10. The van der Waals surface area contributed by atoms with Crippen LogP contribution >= 0.6 is 0 Å². The number of aliphatic hydroxyl groups is 2. The van der Waals surface area contributed by atoms with E-state index in [0.717, 1.165) is 24.0 Å². The highest BCUT2D eigenvalue weighted by Crippen LogP contribution is 2.62. The molecule has 0 saturated heterocycles. The van der Waals surface area contributed by atoms with Crippen molar-refractivity contribution in [2.24, 2.45) is 22.9 Å². The third-order valence-electron chi connectivity index (χ3n) is 11.8. The maximum atomic E-state index is 13.9. The second-order valence-electron chi connectivity index (χ2n) is 15.6. The number of nitrogens with zero attached hydrogens (tertiary/aromatic N) is 4. The van der Waals surface area contributed by atoms with E-state index in [9.17, 15) is 35.2 Å². The summed E-state index contributed by atoms with van der Waals surface area (Å²) in [5.41, 5.74) is 2.64. The van der Waals surface area contributed by atoms with Gasteiger partial charge in [0, 0.05) is 56.4 Å². The minimum atomic E-state index is -1.52. The summed E-state index contributed by atoms with van der Waals surface area (Å²) < 4.78 is 26.0. The lowest BCUT2D eigenvalue weighted by atomic mass is 9.55. The second kappa shape index (κ2) is 21.1. The molecular formula is C46H54N4O12. The zero-order valence-corrected chi connectivity index (χ0v) is 34.8. The molecule has 3 aromatic carbocycles. The fourth-order valence-corrected chi connectivity index (χ4v) is 8.95. The van der Waals surface area contributed by atoms with Gasteiger partial charge in [-0.1, -0.05) is 42.3 Å². The lowest BCUT2D eigenvalue weighted by Crippen LogP contribution is -2.69. The van der Waals surface area contributed by atoms with Gasteiger partial charge in [-0.3, -0.25) is 20.2 Å². The number of benzene rings is 3. The number of carbonyl (C=O) groups excluding carboxylic acids is 1. The van der Waals surface area contributed by atoms with E-state index in [1.54, 1.807) is 55.6 Å². The molecule has 330 valence electrons. The van der Waals surface area contributed by atoms with Crippen molar-refractivity contribution >= 4 is 23.2 Å². The van der Waals surface area contributed by atoms with Crippen LogP contribution in [0.1, 0.15) is 68.4 Å². The number of nitro benzene ring substituents is 2. The Morgan fingerprint density at radius 1 is 0.952 bits per heavy atom. The first-order valence-corrected chi connectivity index (χ1v) is 20.9. The highest BCUT2D eigenvalue weighted by Gasteiger charge is 2.65. The zero-order valence-electron chi connectivity index (χ0n) is 34.8. The molecule has 16 nitrogen and oxygen atoms in total. The van der Waals surface area contributed by atoms with E-state index in [4.69, 9.17) is 28.9 Å². The number of rotatable bonds is 22. The van der Waals surface area contributed by atoms with Crippen molar-refractivity contribution in [1.82, 2.24) is 4.90 Å². The summed E-state index contributed by atoms with van der Waals surface area (Å²) in [7, 11) is 1.63. The Balaban J connectivity index is 1.53. The van der Waals surface area contributed by atoms with E-state index in [1.165, 1.54) is 29.2 Å². The minimum Gasteiger partial charge on any atom is -0.459 e. The average Bonchev–Trinajstić information content (AvgIpc) is 3.27. The van der Waals surface area contributed by atoms with Crippen molar-refractivity contribution in [2.75, 3.05) is 33.5 Å². The number of hydrogen-bond donors (Lipinski definition) is 2. The molecule has 1 heterocycles. The molecule has 6 rings (SSSR count). The molecule has 6 atom stereocenters. The number of nitro groups is 2. The maximum absolute atomic E-state index is 13.9. The van der Waals surface area contributed by atoms with Crippen LogP contribution in [0.15, 0.2) is 109 Å². The molecule has 1 fully saturated rings. The van der Waals surface area contributed by atoms with E-state index >= 15 is 0 Å². The summed E-state index contributed by atoms with van der Waals surface area (Å²) in [5.74, 6) is -1.40. The van der Waals surface area contributed by atoms with Gasteiger partial charge in [0.05, 0.1) is 40.8 Å². The SMILES string of the molecule is C=CCCOC(=O)N(C)C1CC(=NOCc2ccc([N+](=O)[O-])cc2)C2=CC(CCCCO)C(CCCCO)C3c4cc(Oc5cccc([N+](=O)[O-])c5)ccc4OC1(OCC=C)C23. The van der Waals surface area contributed by atoms with Crippen molar-refractivity contribution in [3.05, 3.63) is 135 Å². The van der Waals surface area contributed by atoms with Gasteiger partial charge in [0.25, 0.3) is 11.4 Å². The molecule has 2 N–H and O–H groups in total. The molecule has 1 aliphatic heterocycles. The summed E-state index contributed by atoms with van der Waals surface area (Å²) in [4.78, 5) is 43.4. The van der Waals surface area contributed by atoms with Gasteiger partial charge in [-0.15, -0.1) is 13.2 Å². The number of aliphatic hydroxyl groups excluding tert-OH is 2. The Kier molecular flexibility index (Phi) is 15.5. The Morgan fingerprint density at radius 3 is 2.37 bits per heavy atom. The normalized spacial score (nSPS) is 22.9. The molecule has 62 heavy (non-hydrogen) atoms. The molecule has 0 bridgehead atoms. The Bertz CT molecular complexity index is 2140. The number of hydrogen-bond acceptors (Lipinski definition) is 13. The first kappa shape index (κ1) is 45.4. The zero-order chi connectivity index (χ0) is 44.2. The maximum Gasteiger partial charge on any atom is 0.409 e. The molecule has 3 aromatic rings. The fourth-order valence-electron chi connectivity index (χ4n) is 8.95. The summed E-state index contributed by atoms with van der Waals surface area (Å²) >= 11 is 0. The number of oxime groups is 1. The Labute approximate surface area is 360 Å². The number of unbranched alkanes of at least 4 members (excludes halogenated alkanes) is 2. The van der Waals surface area contributed by atoms with Crippen LogP contribution in [0.25, 0.3) is 0 Å². The van der Waals surface area contributed by atoms with Crippen LogP contribution in [0.2, 0.25) is 0 Å². The molecule has 1 amide bonds. The van der Waals surface area contributed by atoms with Gasteiger partial charge >= 0.3 is 6.09 Å². The summed E-state index contributed by atoms with van der Waals surface area (Å²) in [6, 6.07) is 16.5. The predicted octanol–water partition coefficient (Wildman–Crippen LogP) is 8.77. The second-order valence-corrected chi connectivity index (χ2v) is 15.6. The van der Waals surface area contributed by atoms with E-state index in [1.807, 2.05) is 6.07 Å². The van der Waals surface area contributed by atoms with Crippen molar-refractivity contribution in [3.63, 3.8) is 0 Å². The highest BCUT2D eigenvalue weighted by atomic mass is 16.7. The lowest BCUT2D eigenvalue weighted by molar-refractivity contribution is -0.385. The van der Waals surface area contributed by atoms with Gasteiger partial charge in [-0.05, 0) is 91.5 Å². The largest absolute Gasteiger partial charge is 0.459 e. The summed E-state index contributed by atoms with van der Waals surface area (Å²) in [6.07, 6.45) is 9.51. The van der Waals surface area contributed by atoms with Gasteiger partial charge in [-0.2, -0.15) is 0 Å². The smallest absolute Gasteiger partial charge is 0.409 e. The number of amides is 1. The molecule has 0 spiro atoms. The predicted molar refractivity (Wildman–Crippen MR) is 230 cm³/mol. The molecular weight excluding hydrogens is 801 g/mol. The summed E-state index contributed by atoms with van der Waals surface area (Å²) in [5, 5.41) is 47.4. The van der Waals surface area contributed by atoms with Crippen molar-refractivity contribution < 1.29 is 48.6 Å². The van der Waals surface area contributed by atoms with Crippen LogP contribution in [0.4, 0.5) is 16.2 Å². The Morgan fingerprint density at radius 2 is 1.68 bits per heavy atom. The minimum absolute atomic E-state index is 0.00642. The van der Waals surface area contributed by atoms with Crippen LogP contribution in [0, 0.1) is 38.0 Å².